The van der Waals surface area contributed by atoms with Crippen molar-refractivity contribution in [2.45, 2.75) is 38.6 Å². The number of halogens is 1. The van der Waals surface area contributed by atoms with E-state index in [0.29, 0.717) is 36.4 Å². The van der Waals surface area contributed by atoms with Gasteiger partial charge < -0.3 is 10.2 Å². The standard InChI is InChI=1S/C19H23ClN4O4/c1-3-19(2)17(27)24(18(28)21-19)22-15(25)13-5-4-10-23(11-13)16(26)12-6-8-14(20)9-7-12/h6-9,13H,3-5,10-11H2,1-2H3,(H,21,28)(H,22,25)/t13-,19-/m0/s1. The Kier molecular flexibility index (Phi) is 5.60. The Morgan fingerprint density at radius 3 is 2.57 bits per heavy atom. The van der Waals surface area contributed by atoms with Gasteiger partial charge in [-0.15, -0.1) is 0 Å². The molecule has 9 heteroatoms. The number of rotatable bonds is 4. The van der Waals surface area contributed by atoms with Crippen LogP contribution in [0.3, 0.4) is 0 Å². The van der Waals surface area contributed by atoms with Gasteiger partial charge >= 0.3 is 6.03 Å². The molecular formula is C19H23ClN4O4. The van der Waals surface area contributed by atoms with Gasteiger partial charge in [-0.25, -0.2) is 4.79 Å². The number of likely N-dealkylation sites (tertiary alicyclic amines) is 1. The van der Waals surface area contributed by atoms with E-state index in [1.54, 1.807) is 43.0 Å². The maximum atomic E-state index is 12.7. The van der Waals surface area contributed by atoms with Crippen molar-refractivity contribution in [3.8, 4) is 0 Å². The minimum Gasteiger partial charge on any atom is -0.338 e. The minimum absolute atomic E-state index is 0.178. The van der Waals surface area contributed by atoms with E-state index in [0.717, 1.165) is 5.01 Å². The molecule has 3 rings (SSSR count). The van der Waals surface area contributed by atoms with Crippen molar-refractivity contribution in [2.24, 2.45) is 5.92 Å². The number of carbonyl (C=O) groups excluding carboxylic acids is 4. The number of hydrogen-bond acceptors (Lipinski definition) is 4. The number of nitrogens with zero attached hydrogens (tertiary/aromatic N) is 2. The fraction of sp³-hybridized carbons (Fsp3) is 0.474. The number of benzene rings is 1. The van der Waals surface area contributed by atoms with E-state index in [2.05, 4.69) is 10.7 Å². The lowest BCUT2D eigenvalue weighted by atomic mass is 9.96. The summed E-state index contributed by atoms with van der Waals surface area (Å²) in [4.78, 5) is 51.4. The van der Waals surface area contributed by atoms with Crippen LogP contribution in [0.1, 0.15) is 43.5 Å². The molecule has 0 bridgehead atoms. The van der Waals surface area contributed by atoms with Crippen LogP contribution in [0.15, 0.2) is 24.3 Å². The molecule has 2 atom stereocenters. The Morgan fingerprint density at radius 2 is 1.96 bits per heavy atom. The van der Waals surface area contributed by atoms with Gasteiger partial charge in [0.05, 0.1) is 5.92 Å². The maximum absolute atomic E-state index is 12.7. The Labute approximate surface area is 168 Å². The van der Waals surface area contributed by atoms with E-state index in [-0.39, 0.29) is 12.5 Å². The number of hydrazine groups is 1. The summed E-state index contributed by atoms with van der Waals surface area (Å²) in [6.45, 7) is 4.17. The molecule has 2 heterocycles. The van der Waals surface area contributed by atoms with Crippen LogP contribution in [-0.2, 0) is 9.59 Å². The molecule has 0 radical (unpaired) electrons. The molecule has 0 spiro atoms. The van der Waals surface area contributed by atoms with E-state index in [1.165, 1.54) is 0 Å². The molecule has 2 N–H and O–H groups in total. The summed E-state index contributed by atoms with van der Waals surface area (Å²) in [5.41, 5.74) is 1.90. The SMILES string of the molecule is CC[C@]1(C)NC(=O)N(NC(=O)[C@H]2CCCN(C(=O)c3ccc(Cl)cc3)C2)C1=O. The van der Waals surface area contributed by atoms with E-state index < -0.39 is 29.3 Å². The third-order valence-electron chi connectivity index (χ3n) is 5.36. The topological polar surface area (TPSA) is 98.8 Å². The summed E-state index contributed by atoms with van der Waals surface area (Å²) >= 11 is 5.86. The first-order chi connectivity index (χ1) is 13.2. The molecule has 1 aromatic rings. The zero-order chi connectivity index (χ0) is 20.5. The minimum atomic E-state index is -1.02. The average Bonchev–Trinajstić information content (AvgIpc) is 2.91. The van der Waals surface area contributed by atoms with Crippen molar-refractivity contribution >= 4 is 35.4 Å². The van der Waals surface area contributed by atoms with Crippen LogP contribution in [0.2, 0.25) is 5.02 Å². The Bertz CT molecular complexity index is 813. The van der Waals surface area contributed by atoms with Gasteiger partial charge in [-0.2, -0.15) is 5.01 Å². The summed E-state index contributed by atoms with van der Waals surface area (Å²) in [5, 5.41) is 3.87. The molecule has 2 fully saturated rings. The second kappa shape index (κ2) is 7.79. The van der Waals surface area contributed by atoms with E-state index in [9.17, 15) is 19.2 Å². The van der Waals surface area contributed by atoms with Crippen LogP contribution in [0, 0.1) is 5.92 Å². The first-order valence-electron chi connectivity index (χ1n) is 9.27. The van der Waals surface area contributed by atoms with Crippen molar-refractivity contribution < 1.29 is 19.2 Å². The summed E-state index contributed by atoms with van der Waals surface area (Å²) in [6, 6.07) is 5.93. The van der Waals surface area contributed by atoms with Gasteiger partial charge in [0.1, 0.15) is 5.54 Å². The van der Waals surface area contributed by atoms with Crippen LogP contribution in [0.5, 0.6) is 0 Å². The Hall–Kier alpha value is -2.61. The highest BCUT2D eigenvalue weighted by molar-refractivity contribution is 6.30. The monoisotopic (exact) mass is 406 g/mol. The molecule has 0 aromatic heterocycles. The van der Waals surface area contributed by atoms with Gasteiger partial charge in [0.25, 0.3) is 11.8 Å². The third-order valence-corrected chi connectivity index (χ3v) is 5.61. The van der Waals surface area contributed by atoms with Crippen molar-refractivity contribution in [2.75, 3.05) is 13.1 Å². The number of urea groups is 1. The lowest BCUT2D eigenvalue weighted by Gasteiger charge is -2.32. The van der Waals surface area contributed by atoms with E-state index in [1.807, 2.05) is 0 Å². The van der Waals surface area contributed by atoms with Crippen LogP contribution in [0.25, 0.3) is 0 Å². The molecular weight excluding hydrogens is 384 g/mol. The van der Waals surface area contributed by atoms with Crippen LogP contribution in [0.4, 0.5) is 4.79 Å². The molecule has 0 aliphatic carbocycles. The van der Waals surface area contributed by atoms with E-state index >= 15 is 0 Å². The third kappa shape index (κ3) is 3.82. The zero-order valence-electron chi connectivity index (χ0n) is 15.8. The quantitative estimate of drug-likeness (QED) is 0.746. The summed E-state index contributed by atoms with van der Waals surface area (Å²) in [7, 11) is 0. The molecule has 150 valence electrons. The zero-order valence-corrected chi connectivity index (χ0v) is 16.6. The summed E-state index contributed by atoms with van der Waals surface area (Å²) < 4.78 is 0. The molecule has 1 aromatic carbocycles. The van der Waals surface area contributed by atoms with Gasteiger partial charge in [-0.1, -0.05) is 18.5 Å². The normalized spacial score (nSPS) is 24.9. The maximum Gasteiger partial charge on any atom is 0.344 e. The van der Waals surface area contributed by atoms with Gasteiger partial charge in [0, 0.05) is 23.7 Å². The molecule has 0 saturated carbocycles. The lowest BCUT2D eigenvalue weighted by molar-refractivity contribution is -0.141. The van der Waals surface area contributed by atoms with Crippen LogP contribution >= 0.6 is 11.6 Å². The number of amides is 5. The number of imide groups is 1. The molecule has 2 aliphatic rings. The molecule has 28 heavy (non-hydrogen) atoms. The van der Waals surface area contributed by atoms with Crippen molar-refractivity contribution in [1.29, 1.82) is 0 Å². The predicted molar refractivity (Wildman–Crippen MR) is 102 cm³/mol. The second-order valence-corrected chi connectivity index (χ2v) is 7.77. The largest absolute Gasteiger partial charge is 0.344 e. The fourth-order valence-corrected chi connectivity index (χ4v) is 3.50. The number of hydrogen-bond donors (Lipinski definition) is 2. The highest BCUT2D eigenvalue weighted by Gasteiger charge is 2.48. The van der Waals surface area contributed by atoms with Gasteiger partial charge in [-0.05, 0) is 50.5 Å². The predicted octanol–water partition coefficient (Wildman–Crippen LogP) is 1.94. The Balaban J connectivity index is 1.65. The van der Waals surface area contributed by atoms with Gasteiger partial charge in [-0.3, -0.25) is 19.8 Å². The first-order valence-corrected chi connectivity index (χ1v) is 9.65. The first kappa shape index (κ1) is 20.1. The van der Waals surface area contributed by atoms with Crippen LogP contribution in [-0.4, -0.2) is 52.3 Å². The van der Waals surface area contributed by atoms with Gasteiger partial charge in [0.2, 0.25) is 5.91 Å². The molecule has 0 unspecified atom stereocenters. The number of piperidine rings is 1. The summed E-state index contributed by atoms with van der Waals surface area (Å²) in [6.07, 6.45) is 1.64. The highest BCUT2D eigenvalue weighted by atomic mass is 35.5. The second-order valence-electron chi connectivity index (χ2n) is 7.33. The lowest BCUT2D eigenvalue weighted by Crippen LogP contribution is -2.53. The molecule has 8 nitrogen and oxygen atoms in total. The molecule has 5 amide bonds. The number of carbonyl (C=O) groups is 4. The van der Waals surface area contributed by atoms with Crippen LogP contribution < -0.4 is 10.7 Å². The summed E-state index contributed by atoms with van der Waals surface area (Å²) in [5.74, 6) is -1.61. The smallest absolute Gasteiger partial charge is 0.338 e. The van der Waals surface area contributed by atoms with Crippen molar-refractivity contribution in [3.63, 3.8) is 0 Å². The number of nitrogens with one attached hydrogen (secondary N) is 2. The highest BCUT2D eigenvalue weighted by Crippen LogP contribution is 2.22. The van der Waals surface area contributed by atoms with E-state index in [4.69, 9.17) is 11.6 Å². The fourth-order valence-electron chi connectivity index (χ4n) is 3.38. The Morgan fingerprint density at radius 1 is 1.29 bits per heavy atom. The average molecular weight is 407 g/mol. The van der Waals surface area contributed by atoms with Gasteiger partial charge in [0.15, 0.2) is 0 Å². The van der Waals surface area contributed by atoms with Crippen molar-refractivity contribution in [1.82, 2.24) is 20.7 Å². The molecule has 2 saturated heterocycles. The van der Waals surface area contributed by atoms with Crippen molar-refractivity contribution in [3.05, 3.63) is 34.9 Å². The molecule has 2 aliphatic heterocycles.